The molecular formula is C32H26N4O4. The molecule has 5 rings (SSSR count). The maximum absolute atomic E-state index is 10.3. The second kappa shape index (κ2) is 16.2. The van der Waals surface area contributed by atoms with Gasteiger partial charge in [0.15, 0.2) is 0 Å². The summed E-state index contributed by atoms with van der Waals surface area (Å²) < 4.78 is 0. The number of rotatable bonds is 6. The van der Waals surface area contributed by atoms with Crippen molar-refractivity contribution < 1.29 is 19.8 Å². The van der Waals surface area contributed by atoms with Crippen molar-refractivity contribution in [3.8, 4) is 0 Å². The monoisotopic (exact) mass is 530 g/mol. The molecule has 0 atom stereocenters. The molecule has 198 valence electrons. The lowest BCUT2D eigenvalue weighted by atomic mass is 10.1. The van der Waals surface area contributed by atoms with Crippen LogP contribution in [0, 0.1) is 0 Å². The molecule has 8 heteroatoms. The Morgan fingerprint density at radius 3 is 1.15 bits per heavy atom. The van der Waals surface area contributed by atoms with Gasteiger partial charge in [-0.15, -0.1) is 0 Å². The molecule has 0 unspecified atom stereocenters. The molecule has 1 aromatic carbocycles. The van der Waals surface area contributed by atoms with Gasteiger partial charge in [0.25, 0.3) is 0 Å². The molecule has 0 aliphatic rings. The number of benzene rings is 1. The molecule has 0 fully saturated rings. The van der Waals surface area contributed by atoms with Gasteiger partial charge in [-0.05, 0) is 96.1 Å². The van der Waals surface area contributed by atoms with E-state index in [4.69, 9.17) is 10.2 Å². The van der Waals surface area contributed by atoms with Gasteiger partial charge in [0.05, 0.1) is 22.5 Å². The fourth-order valence-corrected chi connectivity index (χ4v) is 3.02. The van der Waals surface area contributed by atoms with Gasteiger partial charge >= 0.3 is 11.9 Å². The van der Waals surface area contributed by atoms with Crippen LogP contribution < -0.4 is 0 Å². The molecule has 0 saturated carbocycles. The summed E-state index contributed by atoms with van der Waals surface area (Å²) in [6, 6.07) is 24.5. The molecule has 4 heterocycles. The van der Waals surface area contributed by atoms with Crippen molar-refractivity contribution in [1.82, 2.24) is 19.9 Å². The van der Waals surface area contributed by atoms with Gasteiger partial charge < -0.3 is 10.2 Å². The molecule has 0 aliphatic carbocycles. The molecule has 0 spiro atoms. The molecule has 40 heavy (non-hydrogen) atoms. The Morgan fingerprint density at radius 2 is 0.850 bits per heavy atom. The van der Waals surface area contributed by atoms with Crippen molar-refractivity contribution in [2.24, 2.45) is 0 Å². The van der Waals surface area contributed by atoms with E-state index in [1.54, 1.807) is 37.2 Å². The van der Waals surface area contributed by atoms with Crippen LogP contribution in [0.2, 0.25) is 0 Å². The third-order valence-corrected chi connectivity index (χ3v) is 5.06. The Hall–Kier alpha value is -5.76. The number of aromatic nitrogens is 4. The molecule has 0 radical (unpaired) electrons. The first kappa shape index (κ1) is 28.8. The highest BCUT2D eigenvalue weighted by atomic mass is 16.4. The SMILES string of the molecule is C(=C\c1ccccn1)/c1ccncc1.C(=C\c1ccccn1)/c1ccncc1.O=C(O)c1ccc(C(=O)O)cc1. The summed E-state index contributed by atoms with van der Waals surface area (Å²) in [5, 5.41) is 16.9. The van der Waals surface area contributed by atoms with E-state index >= 15 is 0 Å². The quantitative estimate of drug-likeness (QED) is 0.259. The van der Waals surface area contributed by atoms with Gasteiger partial charge in [0.2, 0.25) is 0 Å². The topological polar surface area (TPSA) is 126 Å². The average Bonchev–Trinajstić information content (AvgIpc) is 3.02. The number of nitrogens with zero attached hydrogens (tertiary/aromatic N) is 4. The highest BCUT2D eigenvalue weighted by Crippen LogP contribution is 2.06. The van der Waals surface area contributed by atoms with E-state index in [2.05, 4.69) is 19.9 Å². The van der Waals surface area contributed by atoms with Gasteiger partial charge in [-0.25, -0.2) is 9.59 Å². The Morgan fingerprint density at radius 1 is 0.475 bits per heavy atom. The minimum atomic E-state index is -1.06. The fourth-order valence-electron chi connectivity index (χ4n) is 3.02. The van der Waals surface area contributed by atoms with Crippen LogP contribution >= 0.6 is 0 Å². The second-order valence-electron chi connectivity index (χ2n) is 7.92. The lowest BCUT2D eigenvalue weighted by molar-refractivity contribution is 0.0681. The molecule has 0 aliphatic heterocycles. The van der Waals surface area contributed by atoms with E-state index in [0.29, 0.717) is 0 Å². The predicted molar refractivity (Wildman–Crippen MR) is 155 cm³/mol. The van der Waals surface area contributed by atoms with Crippen LogP contribution in [0.25, 0.3) is 24.3 Å². The number of aromatic carboxylic acids is 2. The van der Waals surface area contributed by atoms with Crippen LogP contribution in [0.5, 0.6) is 0 Å². The summed E-state index contributed by atoms with van der Waals surface area (Å²) in [5.74, 6) is -2.13. The summed E-state index contributed by atoms with van der Waals surface area (Å²) in [6.07, 6.45) is 18.7. The van der Waals surface area contributed by atoms with Gasteiger partial charge in [0.1, 0.15) is 0 Å². The molecule has 0 saturated heterocycles. The fraction of sp³-hybridized carbons (Fsp3) is 0. The maximum Gasteiger partial charge on any atom is 0.335 e. The Bertz CT molecular complexity index is 1310. The summed E-state index contributed by atoms with van der Waals surface area (Å²) in [4.78, 5) is 37.0. The third-order valence-electron chi connectivity index (χ3n) is 5.06. The second-order valence-corrected chi connectivity index (χ2v) is 7.92. The minimum absolute atomic E-state index is 0.0833. The van der Waals surface area contributed by atoms with E-state index in [9.17, 15) is 9.59 Å². The van der Waals surface area contributed by atoms with E-state index in [1.807, 2.05) is 85.0 Å². The van der Waals surface area contributed by atoms with Crippen LogP contribution in [0.15, 0.2) is 122 Å². The molecule has 5 aromatic rings. The average molecular weight is 531 g/mol. The first-order valence-electron chi connectivity index (χ1n) is 12.1. The number of hydrogen-bond acceptors (Lipinski definition) is 6. The number of carboxylic acid groups (broad SMARTS) is 2. The maximum atomic E-state index is 10.3. The number of carbonyl (C=O) groups is 2. The molecule has 0 bridgehead atoms. The number of hydrogen-bond donors (Lipinski definition) is 2. The van der Waals surface area contributed by atoms with Gasteiger partial charge in [0, 0.05) is 37.2 Å². The first-order chi connectivity index (χ1) is 19.5. The normalized spacial score (nSPS) is 10.2. The lowest BCUT2D eigenvalue weighted by Gasteiger charge is -1.94. The van der Waals surface area contributed by atoms with Crippen LogP contribution in [-0.2, 0) is 0 Å². The zero-order chi connectivity index (χ0) is 28.4. The van der Waals surface area contributed by atoms with E-state index in [-0.39, 0.29) is 11.1 Å². The van der Waals surface area contributed by atoms with Gasteiger partial charge in [-0.3, -0.25) is 19.9 Å². The predicted octanol–water partition coefficient (Wildman–Crippen LogP) is 6.38. The highest BCUT2D eigenvalue weighted by Gasteiger charge is 2.04. The van der Waals surface area contributed by atoms with Gasteiger partial charge in [-0.1, -0.05) is 24.3 Å². The largest absolute Gasteiger partial charge is 0.478 e. The molecule has 0 amide bonds. The van der Waals surface area contributed by atoms with E-state index < -0.39 is 11.9 Å². The number of carboxylic acids is 2. The Balaban J connectivity index is 0.000000166. The minimum Gasteiger partial charge on any atom is -0.478 e. The van der Waals surface area contributed by atoms with Crippen molar-refractivity contribution in [3.05, 3.63) is 156 Å². The zero-order valence-electron chi connectivity index (χ0n) is 21.4. The summed E-state index contributed by atoms with van der Waals surface area (Å²) in [6.45, 7) is 0. The first-order valence-corrected chi connectivity index (χ1v) is 12.1. The smallest absolute Gasteiger partial charge is 0.335 e. The molecule has 4 aromatic heterocycles. The van der Waals surface area contributed by atoms with Crippen molar-refractivity contribution >= 4 is 36.2 Å². The summed E-state index contributed by atoms with van der Waals surface area (Å²) >= 11 is 0. The van der Waals surface area contributed by atoms with Crippen LogP contribution in [0.1, 0.15) is 43.2 Å². The molecular weight excluding hydrogens is 504 g/mol. The summed E-state index contributed by atoms with van der Waals surface area (Å²) in [5.41, 5.74) is 4.35. The molecule has 8 nitrogen and oxygen atoms in total. The van der Waals surface area contributed by atoms with Crippen LogP contribution in [0.4, 0.5) is 0 Å². The van der Waals surface area contributed by atoms with E-state index in [0.717, 1.165) is 22.5 Å². The van der Waals surface area contributed by atoms with Crippen LogP contribution in [0.3, 0.4) is 0 Å². The molecule has 2 N–H and O–H groups in total. The zero-order valence-corrected chi connectivity index (χ0v) is 21.4. The van der Waals surface area contributed by atoms with Crippen molar-refractivity contribution in [2.45, 2.75) is 0 Å². The van der Waals surface area contributed by atoms with Crippen molar-refractivity contribution in [1.29, 1.82) is 0 Å². The Labute approximate surface area is 231 Å². The third kappa shape index (κ3) is 10.7. The summed E-state index contributed by atoms with van der Waals surface area (Å²) in [7, 11) is 0. The lowest BCUT2D eigenvalue weighted by Crippen LogP contribution is -1.99. The highest BCUT2D eigenvalue weighted by molar-refractivity contribution is 5.91. The van der Waals surface area contributed by atoms with Crippen LogP contribution in [-0.4, -0.2) is 42.1 Å². The van der Waals surface area contributed by atoms with Crippen molar-refractivity contribution in [3.63, 3.8) is 0 Å². The van der Waals surface area contributed by atoms with Crippen molar-refractivity contribution in [2.75, 3.05) is 0 Å². The van der Waals surface area contributed by atoms with E-state index in [1.165, 1.54) is 24.3 Å². The Kier molecular flexibility index (Phi) is 11.6. The number of pyridine rings is 4. The van der Waals surface area contributed by atoms with Gasteiger partial charge in [-0.2, -0.15) is 0 Å². The standard InChI is InChI=1S/2C12H10N2.C8H6O4/c2*1-2-8-14-12(3-1)5-4-11-6-9-13-10-7-11;9-7(10)5-1-2-6(4-3-5)8(11)12/h2*1-10H;1-4H,(H,9,10)(H,11,12)/b2*5-4+;.